The second kappa shape index (κ2) is 11.7. The molecule has 0 atom stereocenters. The van der Waals surface area contributed by atoms with Crippen molar-refractivity contribution in [1.29, 1.82) is 0 Å². The van der Waals surface area contributed by atoms with Crippen molar-refractivity contribution in [3.8, 4) is 11.5 Å². The molecule has 0 saturated heterocycles. The van der Waals surface area contributed by atoms with Crippen molar-refractivity contribution >= 4 is 29.1 Å². The Morgan fingerprint density at radius 2 is 1.79 bits per heavy atom. The van der Waals surface area contributed by atoms with Crippen LogP contribution in [-0.2, 0) is 22.6 Å². The number of hydrogen-bond acceptors (Lipinski definition) is 5. The van der Waals surface area contributed by atoms with Gasteiger partial charge in [-0.25, -0.2) is 4.39 Å². The number of methoxy groups -OCH3 is 2. The van der Waals surface area contributed by atoms with Crippen molar-refractivity contribution < 1.29 is 28.6 Å². The van der Waals surface area contributed by atoms with Gasteiger partial charge in [0.25, 0.3) is 0 Å². The average Bonchev–Trinajstić information content (AvgIpc) is 3.16. The van der Waals surface area contributed by atoms with Gasteiger partial charge < -0.3 is 19.9 Å². The zero-order valence-electron chi connectivity index (χ0n) is 21.5. The van der Waals surface area contributed by atoms with Crippen LogP contribution in [0.1, 0.15) is 47.7 Å². The first kappa shape index (κ1) is 26.6. The number of rotatable bonds is 10. The highest BCUT2D eigenvalue weighted by Gasteiger charge is 2.26. The second-order valence-electron chi connectivity index (χ2n) is 8.92. The molecule has 38 heavy (non-hydrogen) atoms. The van der Waals surface area contributed by atoms with E-state index in [1.165, 1.54) is 26.4 Å². The van der Waals surface area contributed by atoms with Crippen molar-refractivity contribution in [3.05, 3.63) is 94.1 Å². The highest BCUT2D eigenvalue weighted by molar-refractivity contribution is 6.08. The number of carbonyl (C=O) groups excluding carboxylic acids is 1. The van der Waals surface area contributed by atoms with Crippen LogP contribution in [0.25, 0.3) is 17.2 Å². The molecule has 196 valence electrons. The highest BCUT2D eigenvalue weighted by atomic mass is 19.1. The van der Waals surface area contributed by atoms with Gasteiger partial charge >= 0.3 is 5.97 Å². The maximum absolute atomic E-state index is 14.3. The van der Waals surface area contributed by atoms with Gasteiger partial charge in [0.05, 0.1) is 32.9 Å². The van der Waals surface area contributed by atoms with Gasteiger partial charge in [-0.1, -0.05) is 12.1 Å². The third-order valence-corrected chi connectivity index (χ3v) is 6.51. The number of benzene rings is 2. The first-order chi connectivity index (χ1) is 18.3. The van der Waals surface area contributed by atoms with E-state index >= 15 is 0 Å². The fraction of sp³-hybridized carbons (Fsp3) is 0.233. The topological polar surface area (TPSA) is 97.8 Å². The molecule has 1 aromatic heterocycles. The minimum absolute atomic E-state index is 0.0559. The van der Waals surface area contributed by atoms with Gasteiger partial charge in [-0.2, -0.15) is 0 Å². The molecule has 2 aromatic carbocycles. The van der Waals surface area contributed by atoms with Crippen LogP contribution in [0.5, 0.6) is 11.5 Å². The number of ether oxygens (including phenoxy) is 2. The maximum atomic E-state index is 14.3. The van der Waals surface area contributed by atoms with E-state index in [4.69, 9.17) is 14.6 Å². The first-order valence-corrected chi connectivity index (χ1v) is 12.2. The predicted octanol–water partition coefficient (Wildman–Crippen LogP) is 5.29. The molecule has 1 amide bonds. The number of pyridine rings is 1. The van der Waals surface area contributed by atoms with Gasteiger partial charge in [0.1, 0.15) is 17.3 Å². The van der Waals surface area contributed by atoms with Crippen molar-refractivity contribution in [2.24, 2.45) is 0 Å². The van der Waals surface area contributed by atoms with Crippen LogP contribution in [0.4, 0.5) is 4.39 Å². The molecule has 1 aliphatic rings. The van der Waals surface area contributed by atoms with E-state index < -0.39 is 5.97 Å². The molecule has 8 heteroatoms. The third kappa shape index (κ3) is 5.91. The number of carbonyl (C=O) groups is 2. The van der Waals surface area contributed by atoms with Crippen LogP contribution in [0, 0.1) is 5.82 Å². The molecule has 0 bridgehead atoms. The number of fused-ring (bicyclic) bond motifs is 1. The van der Waals surface area contributed by atoms with Crippen LogP contribution in [0.15, 0.2) is 60.3 Å². The number of hydrogen-bond donors (Lipinski definition) is 2. The number of amides is 1. The molecule has 4 rings (SSSR count). The van der Waals surface area contributed by atoms with Crippen LogP contribution in [0.3, 0.4) is 0 Å². The van der Waals surface area contributed by atoms with E-state index in [1.54, 1.807) is 12.3 Å². The SMILES string of the molecule is COc1cc(C=C2C(C)=C(CC(=O)NCc3ccccn3)c3cc(F)ccc32)cc(OC)c1CCC(=O)O. The van der Waals surface area contributed by atoms with Gasteiger partial charge in [0.15, 0.2) is 0 Å². The highest BCUT2D eigenvalue weighted by Crippen LogP contribution is 2.44. The van der Waals surface area contributed by atoms with Gasteiger partial charge in [-0.05, 0) is 89.2 Å². The van der Waals surface area contributed by atoms with Crippen LogP contribution in [-0.4, -0.2) is 36.2 Å². The maximum Gasteiger partial charge on any atom is 0.303 e. The molecule has 7 nitrogen and oxygen atoms in total. The monoisotopic (exact) mass is 516 g/mol. The van der Waals surface area contributed by atoms with Crippen molar-refractivity contribution in [1.82, 2.24) is 10.3 Å². The van der Waals surface area contributed by atoms with Crippen LogP contribution in [0.2, 0.25) is 0 Å². The van der Waals surface area contributed by atoms with Gasteiger partial charge in [-0.3, -0.25) is 14.6 Å². The molecule has 0 spiro atoms. The Morgan fingerprint density at radius 3 is 2.42 bits per heavy atom. The fourth-order valence-electron chi connectivity index (χ4n) is 4.63. The number of halogens is 1. The van der Waals surface area contributed by atoms with E-state index in [2.05, 4.69) is 10.3 Å². The average molecular weight is 517 g/mol. The lowest BCUT2D eigenvalue weighted by molar-refractivity contribution is -0.137. The Balaban J connectivity index is 1.68. The Labute approximate surface area is 220 Å². The third-order valence-electron chi connectivity index (χ3n) is 6.51. The normalized spacial score (nSPS) is 13.4. The number of aliphatic carboxylic acids is 1. The largest absolute Gasteiger partial charge is 0.496 e. The Morgan fingerprint density at radius 1 is 1.05 bits per heavy atom. The molecule has 0 unspecified atom stereocenters. The molecule has 2 N–H and O–H groups in total. The molecule has 1 heterocycles. The summed E-state index contributed by atoms with van der Waals surface area (Å²) in [4.78, 5) is 28.2. The molecule has 0 radical (unpaired) electrons. The first-order valence-electron chi connectivity index (χ1n) is 12.2. The Bertz CT molecular complexity index is 1400. The summed E-state index contributed by atoms with van der Waals surface area (Å²) in [6.07, 6.45) is 3.91. The number of carboxylic acids is 1. The molecular formula is C30H29FN2O5. The summed E-state index contributed by atoms with van der Waals surface area (Å²) in [5, 5.41) is 12.0. The van der Waals surface area contributed by atoms with Gasteiger partial charge in [0, 0.05) is 18.2 Å². The van der Waals surface area contributed by atoms with Gasteiger partial charge in [-0.15, -0.1) is 0 Å². The van der Waals surface area contributed by atoms with E-state index in [9.17, 15) is 14.0 Å². The lowest BCUT2D eigenvalue weighted by Crippen LogP contribution is -2.23. The summed E-state index contributed by atoms with van der Waals surface area (Å²) in [6, 6.07) is 13.7. The van der Waals surface area contributed by atoms with E-state index in [1.807, 2.05) is 43.3 Å². The number of carboxylic acid groups (broad SMARTS) is 1. The van der Waals surface area contributed by atoms with E-state index in [0.29, 0.717) is 29.2 Å². The minimum atomic E-state index is -0.910. The molecule has 0 fully saturated rings. The molecule has 0 aliphatic heterocycles. The standard InChI is InChI=1S/C30H29FN2O5/c1-18-24(12-19-13-27(37-2)23(9-10-30(35)36)28(14-19)38-3)22-8-7-20(31)15-26(22)25(18)16-29(34)33-17-21-6-4-5-11-32-21/h4-8,11-15H,9-10,16-17H2,1-3H3,(H,33,34)(H,35,36). The van der Waals surface area contributed by atoms with Crippen molar-refractivity contribution in [3.63, 3.8) is 0 Å². The van der Waals surface area contributed by atoms with E-state index in [-0.39, 0.29) is 31.0 Å². The number of nitrogens with one attached hydrogen (secondary N) is 1. The number of allylic oxidation sites excluding steroid dienone is 2. The summed E-state index contributed by atoms with van der Waals surface area (Å²) in [7, 11) is 3.05. The summed E-state index contributed by atoms with van der Waals surface area (Å²) >= 11 is 0. The lowest BCUT2D eigenvalue weighted by atomic mass is 9.98. The lowest BCUT2D eigenvalue weighted by Gasteiger charge is -2.14. The summed E-state index contributed by atoms with van der Waals surface area (Å²) < 4.78 is 25.4. The van der Waals surface area contributed by atoms with Crippen LogP contribution >= 0.6 is 0 Å². The number of aromatic nitrogens is 1. The van der Waals surface area contributed by atoms with Crippen molar-refractivity contribution in [2.45, 2.75) is 32.7 Å². The number of nitrogens with zero attached hydrogens (tertiary/aromatic N) is 1. The Hall–Kier alpha value is -4.46. The fourth-order valence-corrected chi connectivity index (χ4v) is 4.63. The molecule has 3 aromatic rings. The minimum Gasteiger partial charge on any atom is -0.496 e. The summed E-state index contributed by atoms with van der Waals surface area (Å²) in [6.45, 7) is 2.22. The molecule has 0 saturated carbocycles. The quantitative estimate of drug-likeness (QED) is 0.380. The van der Waals surface area contributed by atoms with Gasteiger partial charge in [0.2, 0.25) is 5.91 Å². The van der Waals surface area contributed by atoms with Crippen molar-refractivity contribution in [2.75, 3.05) is 14.2 Å². The van der Waals surface area contributed by atoms with E-state index in [0.717, 1.165) is 33.5 Å². The zero-order valence-corrected chi connectivity index (χ0v) is 21.5. The van der Waals surface area contributed by atoms with Crippen LogP contribution < -0.4 is 14.8 Å². The molecular weight excluding hydrogens is 487 g/mol. The smallest absolute Gasteiger partial charge is 0.303 e. The predicted molar refractivity (Wildman–Crippen MR) is 143 cm³/mol. The summed E-state index contributed by atoms with van der Waals surface area (Å²) in [5.41, 5.74) is 6.17. The summed E-state index contributed by atoms with van der Waals surface area (Å²) in [5.74, 6) is -0.438. The zero-order chi connectivity index (χ0) is 27.2. The Kier molecular flexibility index (Phi) is 8.21. The molecule has 1 aliphatic carbocycles. The second-order valence-corrected chi connectivity index (χ2v) is 8.92.